The van der Waals surface area contributed by atoms with Crippen LogP contribution in [0.3, 0.4) is 0 Å². The summed E-state index contributed by atoms with van der Waals surface area (Å²) < 4.78 is 4.44. The Labute approximate surface area is 77.8 Å². The number of nitrogens with one attached hydrogen (secondary N) is 2. The van der Waals surface area contributed by atoms with Gasteiger partial charge in [0, 0.05) is 26.6 Å². The third kappa shape index (κ3) is 7.27. The molecule has 0 aliphatic carbocycles. The van der Waals surface area contributed by atoms with Crippen LogP contribution in [0.1, 0.15) is 12.8 Å². The zero-order valence-corrected chi connectivity index (χ0v) is 8.05. The molecule has 0 aliphatic heterocycles. The van der Waals surface area contributed by atoms with Crippen LogP contribution in [-0.2, 0) is 14.3 Å². The lowest BCUT2D eigenvalue weighted by atomic mass is 10.3. The molecule has 0 fully saturated rings. The second-order valence-electron chi connectivity index (χ2n) is 2.50. The van der Waals surface area contributed by atoms with E-state index in [-0.39, 0.29) is 11.9 Å². The third-order valence-electron chi connectivity index (χ3n) is 1.54. The molecule has 0 radical (unpaired) electrons. The zero-order chi connectivity index (χ0) is 10.1. The van der Waals surface area contributed by atoms with Gasteiger partial charge in [-0.1, -0.05) is 0 Å². The smallest absolute Gasteiger partial charge is 0.306 e. The Balaban J connectivity index is 3.17. The first kappa shape index (κ1) is 11.9. The van der Waals surface area contributed by atoms with E-state index < -0.39 is 0 Å². The number of hydrogen-bond donors (Lipinski definition) is 2. The minimum atomic E-state index is -0.243. The van der Waals surface area contributed by atoms with Crippen LogP contribution in [0.2, 0.25) is 0 Å². The molecule has 2 N–H and O–H groups in total. The maximum absolute atomic E-state index is 10.7. The van der Waals surface area contributed by atoms with Gasteiger partial charge in [-0.25, -0.2) is 0 Å². The van der Waals surface area contributed by atoms with Crippen molar-refractivity contribution in [2.45, 2.75) is 12.8 Å². The summed E-state index contributed by atoms with van der Waals surface area (Å²) in [6.45, 7) is 1.13. The third-order valence-corrected chi connectivity index (χ3v) is 1.54. The highest BCUT2D eigenvalue weighted by atomic mass is 16.5. The van der Waals surface area contributed by atoms with Crippen molar-refractivity contribution in [1.82, 2.24) is 10.6 Å². The molecule has 0 unspecified atom stereocenters. The van der Waals surface area contributed by atoms with Crippen LogP contribution in [0.25, 0.3) is 0 Å². The van der Waals surface area contributed by atoms with Crippen LogP contribution in [0.5, 0.6) is 0 Å². The number of hydrogen-bond acceptors (Lipinski definition) is 4. The fourth-order valence-electron chi connectivity index (χ4n) is 0.744. The molecule has 0 aromatic heterocycles. The van der Waals surface area contributed by atoms with E-state index >= 15 is 0 Å². The highest BCUT2D eigenvalue weighted by Crippen LogP contribution is 1.82. The van der Waals surface area contributed by atoms with Crippen molar-refractivity contribution in [3.63, 3.8) is 0 Å². The summed E-state index contributed by atoms with van der Waals surface area (Å²) in [6, 6.07) is 0. The second kappa shape index (κ2) is 7.54. The molecule has 0 bridgehead atoms. The first-order valence-corrected chi connectivity index (χ1v) is 4.18. The molecule has 0 heterocycles. The van der Waals surface area contributed by atoms with Crippen LogP contribution in [0, 0.1) is 0 Å². The normalized spacial score (nSPS) is 9.38. The number of rotatable bonds is 6. The summed E-state index contributed by atoms with van der Waals surface area (Å²) in [4.78, 5) is 21.3. The molecule has 0 aliphatic rings. The number of ether oxygens (including phenoxy) is 1. The summed E-state index contributed by atoms with van der Waals surface area (Å²) in [5, 5.41) is 5.46. The van der Waals surface area contributed by atoms with Gasteiger partial charge in [-0.15, -0.1) is 0 Å². The van der Waals surface area contributed by atoms with Gasteiger partial charge in [0.25, 0.3) is 0 Å². The molecule has 0 aromatic carbocycles. The fourth-order valence-corrected chi connectivity index (χ4v) is 0.744. The molecule has 0 spiro atoms. The van der Waals surface area contributed by atoms with Crippen LogP contribution >= 0.6 is 0 Å². The van der Waals surface area contributed by atoms with E-state index in [1.54, 1.807) is 7.05 Å². The minimum absolute atomic E-state index is 0.00873. The maximum atomic E-state index is 10.7. The quantitative estimate of drug-likeness (QED) is 0.426. The Morgan fingerprint density at radius 1 is 1.23 bits per heavy atom. The summed E-state index contributed by atoms with van der Waals surface area (Å²) >= 11 is 0. The van der Waals surface area contributed by atoms with Gasteiger partial charge in [0.1, 0.15) is 0 Å². The average molecular weight is 188 g/mol. The van der Waals surface area contributed by atoms with Gasteiger partial charge in [-0.2, -0.15) is 0 Å². The lowest BCUT2D eigenvalue weighted by molar-refractivity contribution is -0.140. The molecule has 13 heavy (non-hydrogen) atoms. The largest absolute Gasteiger partial charge is 0.469 e. The number of carbonyl (C=O) groups is 2. The van der Waals surface area contributed by atoms with Gasteiger partial charge < -0.3 is 15.4 Å². The zero-order valence-electron chi connectivity index (χ0n) is 8.05. The van der Waals surface area contributed by atoms with E-state index in [4.69, 9.17) is 0 Å². The molecule has 5 heteroatoms. The van der Waals surface area contributed by atoms with Gasteiger partial charge in [0.2, 0.25) is 5.91 Å². The molecular formula is C8H16N2O3. The molecule has 0 atom stereocenters. The van der Waals surface area contributed by atoms with Crippen molar-refractivity contribution in [3.05, 3.63) is 0 Å². The summed E-state index contributed by atoms with van der Waals surface area (Å²) in [5.74, 6) is -0.252. The standard InChI is InChI=1S/C8H16N2O3/c1-9-7(11)3-5-10-6-4-8(12)13-2/h10H,3-6H2,1-2H3,(H,9,11). The van der Waals surface area contributed by atoms with E-state index in [9.17, 15) is 9.59 Å². The Morgan fingerprint density at radius 2 is 1.85 bits per heavy atom. The summed E-state index contributed by atoms with van der Waals surface area (Å²) in [5.41, 5.74) is 0. The number of methoxy groups -OCH3 is 1. The molecule has 5 nitrogen and oxygen atoms in total. The molecule has 0 saturated heterocycles. The van der Waals surface area contributed by atoms with Gasteiger partial charge in [-0.3, -0.25) is 9.59 Å². The lowest BCUT2D eigenvalue weighted by Gasteiger charge is -2.02. The number of carbonyl (C=O) groups excluding carboxylic acids is 2. The van der Waals surface area contributed by atoms with Crippen LogP contribution in [0.4, 0.5) is 0 Å². The molecule has 0 aromatic rings. The molecule has 76 valence electrons. The Kier molecular flexibility index (Phi) is 6.91. The highest BCUT2D eigenvalue weighted by molar-refractivity contribution is 5.75. The predicted octanol–water partition coefficient (Wildman–Crippen LogP) is -0.725. The Bertz CT molecular complexity index is 153. The van der Waals surface area contributed by atoms with E-state index in [0.717, 1.165) is 0 Å². The number of amides is 1. The molecule has 0 rings (SSSR count). The van der Waals surface area contributed by atoms with Crippen molar-refractivity contribution < 1.29 is 14.3 Å². The number of esters is 1. The van der Waals surface area contributed by atoms with Crippen LogP contribution < -0.4 is 10.6 Å². The summed E-state index contributed by atoms with van der Waals surface area (Å²) in [7, 11) is 2.95. The van der Waals surface area contributed by atoms with Crippen LogP contribution in [0.15, 0.2) is 0 Å². The van der Waals surface area contributed by atoms with Crippen molar-refractivity contribution in [2.75, 3.05) is 27.2 Å². The maximum Gasteiger partial charge on any atom is 0.306 e. The minimum Gasteiger partial charge on any atom is -0.469 e. The average Bonchev–Trinajstić information content (AvgIpc) is 2.16. The lowest BCUT2D eigenvalue weighted by Crippen LogP contribution is -2.26. The Morgan fingerprint density at radius 3 is 2.38 bits per heavy atom. The van der Waals surface area contributed by atoms with Crippen LogP contribution in [-0.4, -0.2) is 39.1 Å². The molecule has 0 saturated carbocycles. The van der Waals surface area contributed by atoms with Gasteiger partial charge in [-0.05, 0) is 0 Å². The topological polar surface area (TPSA) is 67.4 Å². The molecular weight excluding hydrogens is 172 g/mol. The first-order chi connectivity index (χ1) is 6.20. The van der Waals surface area contributed by atoms with Crippen molar-refractivity contribution in [3.8, 4) is 0 Å². The predicted molar refractivity (Wildman–Crippen MR) is 48.2 cm³/mol. The van der Waals surface area contributed by atoms with Crippen molar-refractivity contribution in [2.24, 2.45) is 0 Å². The summed E-state index contributed by atoms with van der Waals surface area (Å²) in [6.07, 6.45) is 0.766. The van der Waals surface area contributed by atoms with E-state index in [2.05, 4.69) is 15.4 Å². The van der Waals surface area contributed by atoms with E-state index in [1.165, 1.54) is 7.11 Å². The van der Waals surface area contributed by atoms with Gasteiger partial charge >= 0.3 is 5.97 Å². The monoisotopic (exact) mass is 188 g/mol. The highest BCUT2D eigenvalue weighted by Gasteiger charge is 1.99. The Hall–Kier alpha value is -1.10. The van der Waals surface area contributed by atoms with Crippen molar-refractivity contribution in [1.29, 1.82) is 0 Å². The first-order valence-electron chi connectivity index (χ1n) is 4.18. The fraction of sp³-hybridized carbons (Fsp3) is 0.750. The van der Waals surface area contributed by atoms with Gasteiger partial charge in [0.15, 0.2) is 0 Å². The van der Waals surface area contributed by atoms with Gasteiger partial charge in [0.05, 0.1) is 13.5 Å². The SMILES string of the molecule is CNC(=O)CCNCCC(=O)OC. The second-order valence-corrected chi connectivity index (χ2v) is 2.50. The molecule has 1 amide bonds. The van der Waals surface area contributed by atoms with Crippen molar-refractivity contribution >= 4 is 11.9 Å². The van der Waals surface area contributed by atoms with E-state index in [0.29, 0.717) is 25.9 Å². The van der Waals surface area contributed by atoms with E-state index in [1.807, 2.05) is 0 Å².